The Morgan fingerprint density at radius 1 is 1.00 bits per heavy atom. The van der Waals surface area contributed by atoms with Crippen molar-refractivity contribution in [3.05, 3.63) is 47.8 Å². The first-order valence-electron chi connectivity index (χ1n) is 8.31. The molecule has 0 N–H and O–H groups in total. The molecule has 4 rings (SSSR count). The minimum atomic E-state index is -0.0278. The molecule has 23 heavy (non-hydrogen) atoms. The number of rotatable bonds is 2. The smallest absolute Gasteiger partial charge is 0.277 e. The third-order valence-corrected chi connectivity index (χ3v) is 4.61. The number of anilines is 2. The Morgan fingerprint density at radius 3 is 2.70 bits per heavy atom. The van der Waals surface area contributed by atoms with Crippen LogP contribution in [0.3, 0.4) is 0 Å². The van der Waals surface area contributed by atoms with Crippen LogP contribution in [0.1, 0.15) is 35.3 Å². The maximum Gasteiger partial charge on any atom is 0.277 e. The second-order valence-corrected chi connectivity index (χ2v) is 6.13. The molecule has 1 aromatic heterocycles. The number of nitrogens with zero attached hydrogens (tertiary/aromatic N) is 4. The highest BCUT2D eigenvalue weighted by atomic mass is 16.2. The molecule has 0 aliphatic carbocycles. The molecule has 2 aromatic rings. The molecule has 3 heterocycles. The van der Waals surface area contributed by atoms with Gasteiger partial charge < -0.3 is 9.80 Å². The monoisotopic (exact) mass is 308 g/mol. The summed E-state index contributed by atoms with van der Waals surface area (Å²) in [6.07, 6.45) is 6.06. The normalized spacial score (nSPS) is 17.2. The summed E-state index contributed by atoms with van der Waals surface area (Å²) in [6.45, 7) is 2.70. The fraction of sp³-hybridized carbons (Fsp3) is 0.389. The number of fused-ring (bicyclic) bond motifs is 1. The van der Waals surface area contributed by atoms with Gasteiger partial charge in [0.25, 0.3) is 5.91 Å². The summed E-state index contributed by atoms with van der Waals surface area (Å²) in [7, 11) is 0. The van der Waals surface area contributed by atoms with Crippen LogP contribution in [0.25, 0.3) is 0 Å². The SMILES string of the molecule is O=C(c1ccnc(N2CCCC2)n1)N1CCCc2ccccc21. The Kier molecular flexibility index (Phi) is 3.69. The van der Waals surface area contributed by atoms with Crippen LogP contribution in [0.15, 0.2) is 36.5 Å². The van der Waals surface area contributed by atoms with Crippen molar-refractivity contribution in [2.45, 2.75) is 25.7 Å². The van der Waals surface area contributed by atoms with Gasteiger partial charge in [-0.25, -0.2) is 9.97 Å². The number of carbonyl (C=O) groups is 1. The molecule has 1 aromatic carbocycles. The van der Waals surface area contributed by atoms with E-state index in [0.717, 1.165) is 38.2 Å². The average Bonchev–Trinajstić information content (AvgIpc) is 3.15. The highest BCUT2D eigenvalue weighted by Crippen LogP contribution is 2.28. The van der Waals surface area contributed by atoms with E-state index in [1.54, 1.807) is 12.3 Å². The summed E-state index contributed by atoms with van der Waals surface area (Å²) < 4.78 is 0. The Bertz CT molecular complexity index is 724. The van der Waals surface area contributed by atoms with E-state index in [1.807, 2.05) is 23.1 Å². The van der Waals surface area contributed by atoms with Crippen molar-refractivity contribution in [1.82, 2.24) is 9.97 Å². The largest absolute Gasteiger partial charge is 0.341 e. The average molecular weight is 308 g/mol. The van der Waals surface area contributed by atoms with Gasteiger partial charge in [-0.2, -0.15) is 0 Å². The van der Waals surface area contributed by atoms with Gasteiger partial charge in [0.1, 0.15) is 5.69 Å². The van der Waals surface area contributed by atoms with E-state index in [1.165, 1.54) is 18.4 Å². The van der Waals surface area contributed by atoms with Gasteiger partial charge in [0.2, 0.25) is 5.95 Å². The van der Waals surface area contributed by atoms with Crippen LogP contribution >= 0.6 is 0 Å². The van der Waals surface area contributed by atoms with Gasteiger partial charge in [0.05, 0.1) is 0 Å². The predicted molar refractivity (Wildman–Crippen MR) is 89.9 cm³/mol. The fourth-order valence-corrected chi connectivity index (χ4v) is 3.42. The Morgan fingerprint density at radius 2 is 1.83 bits per heavy atom. The number of hydrogen-bond acceptors (Lipinski definition) is 4. The van der Waals surface area contributed by atoms with Gasteiger partial charge in [-0.05, 0) is 43.4 Å². The maximum atomic E-state index is 12.9. The van der Waals surface area contributed by atoms with E-state index >= 15 is 0 Å². The fourth-order valence-electron chi connectivity index (χ4n) is 3.42. The molecule has 1 amide bonds. The van der Waals surface area contributed by atoms with Gasteiger partial charge in [-0.1, -0.05) is 18.2 Å². The van der Waals surface area contributed by atoms with E-state index in [9.17, 15) is 4.79 Å². The van der Waals surface area contributed by atoms with Crippen molar-refractivity contribution in [3.63, 3.8) is 0 Å². The maximum absolute atomic E-state index is 12.9. The summed E-state index contributed by atoms with van der Waals surface area (Å²) in [6, 6.07) is 9.86. The van der Waals surface area contributed by atoms with Crippen LogP contribution in [0.5, 0.6) is 0 Å². The lowest BCUT2D eigenvalue weighted by Crippen LogP contribution is -2.36. The minimum Gasteiger partial charge on any atom is -0.341 e. The summed E-state index contributed by atoms with van der Waals surface area (Å²) in [5, 5.41) is 0. The Balaban J connectivity index is 1.64. The van der Waals surface area contributed by atoms with E-state index in [-0.39, 0.29) is 5.91 Å². The van der Waals surface area contributed by atoms with Gasteiger partial charge in [0.15, 0.2) is 0 Å². The number of para-hydroxylation sites is 1. The molecule has 0 atom stereocenters. The highest BCUT2D eigenvalue weighted by molar-refractivity contribution is 6.05. The lowest BCUT2D eigenvalue weighted by Gasteiger charge is -2.29. The van der Waals surface area contributed by atoms with Gasteiger partial charge in [-0.3, -0.25) is 4.79 Å². The molecule has 5 heteroatoms. The number of carbonyl (C=O) groups excluding carboxylic acids is 1. The number of benzene rings is 1. The molecular formula is C18H20N4O. The summed E-state index contributed by atoms with van der Waals surface area (Å²) >= 11 is 0. The van der Waals surface area contributed by atoms with Crippen LogP contribution in [0.2, 0.25) is 0 Å². The summed E-state index contributed by atoms with van der Waals surface area (Å²) in [5.41, 5.74) is 2.74. The van der Waals surface area contributed by atoms with Crippen molar-refractivity contribution < 1.29 is 4.79 Å². The lowest BCUT2D eigenvalue weighted by molar-refractivity contribution is 0.0980. The molecule has 0 spiro atoms. The number of aryl methyl sites for hydroxylation is 1. The predicted octanol–water partition coefficient (Wildman–Crippen LogP) is 2.67. The first-order chi connectivity index (χ1) is 11.3. The van der Waals surface area contributed by atoms with Crippen LogP contribution in [0, 0.1) is 0 Å². The molecule has 1 saturated heterocycles. The molecule has 1 fully saturated rings. The van der Waals surface area contributed by atoms with Crippen LogP contribution in [0.4, 0.5) is 11.6 Å². The zero-order valence-electron chi connectivity index (χ0n) is 13.1. The number of hydrogen-bond donors (Lipinski definition) is 0. The molecule has 5 nitrogen and oxygen atoms in total. The van der Waals surface area contributed by atoms with Crippen molar-refractivity contribution >= 4 is 17.5 Å². The Hall–Kier alpha value is -2.43. The van der Waals surface area contributed by atoms with Gasteiger partial charge in [-0.15, -0.1) is 0 Å². The van der Waals surface area contributed by atoms with Crippen molar-refractivity contribution in [2.75, 3.05) is 29.4 Å². The molecule has 118 valence electrons. The van der Waals surface area contributed by atoms with E-state index in [4.69, 9.17) is 0 Å². The standard InChI is InChI=1S/C18H20N4O/c23-17(22-13-5-7-14-6-1-2-8-16(14)22)15-9-10-19-18(20-15)21-11-3-4-12-21/h1-2,6,8-10H,3-5,7,11-13H2. The second-order valence-electron chi connectivity index (χ2n) is 6.13. The van der Waals surface area contributed by atoms with Crippen molar-refractivity contribution in [3.8, 4) is 0 Å². The molecule has 0 unspecified atom stereocenters. The molecule has 0 radical (unpaired) electrons. The van der Waals surface area contributed by atoms with E-state index < -0.39 is 0 Å². The zero-order chi connectivity index (χ0) is 15.6. The van der Waals surface area contributed by atoms with Crippen LogP contribution in [-0.2, 0) is 6.42 Å². The summed E-state index contributed by atoms with van der Waals surface area (Å²) in [5.74, 6) is 0.652. The second kappa shape index (κ2) is 5.99. The van der Waals surface area contributed by atoms with Gasteiger partial charge >= 0.3 is 0 Å². The van der Waals surface area contributed by atoms with Crippen LogP contribution in [-0.4, -0.2) is 35.5 Å². The summed E-state index contributed by atoms with van der Waals surface area (Å²) in [4.78, 5) is 25.8. The molecule has 0 bridgehead atoms. The minimum absolute atomic E-state index is 0.0278. The third-order valence-electron chi connectivity index (χ3n) is 4.61. The number of amides is 1. The zero-order valence-corrected chi connectivity index (χ0v) is 13.1. The first-order valence-corrected chi connectivity index (χ1v) is 8.31. The van der Waals surface area contributed by atoms with E-state index in [0.29, 0.717) is 11.6 Å². The number of aromatic nitrogens is 2. The van der Waals surface area contributed by atoms with E-state index in [2.05, 4.69) is 20.9 Å². The molecule has 2 aliphatic heterocycles. The lowest BCUT2D eigenvalue weighted by atomic mass is 10.0. The van der Waals surface area contributed by atoms with Crippen LogP contribution < -0.4 is 9.80 Å². The third kappa shape index (κ3) is 2.67. The quantitative estimate of drug-likeness (QED) is 0.856. The molecule has 0 saturated carbocycles. The molecule has 2 aliphatic rings. The van der Waals surface area contributed by atoms with Gasteiger partial charge in [0, 0.05) is 31.5 Å². The highest BCUT2D eigenvalue weighted by Gasteiger charge is 2.25. The topological polar surface area (TPSA) is 49.3 Å². The van der Waals surface area contributed by atoms with Crippen molar-refractivity contribution in [1.29, 1.82) is 0 Å². The first kappa shape index (κ1) is 14.2. The van der Waals surface area contributed by atoms with Crippen molar-refractivity contribution in [2.24, 2.45) is 0 Å². The molecular weight excluding hydrogens is 288 g/mol. The Labute approximate surface area is 136 Å².